The van der Waals surface area contributed by atoms with Gasteiger partial charge in [0.15, 0.2) is 0 Å². The number of rotatable bonds is 3. The van der Waals surface area contributed by atoms with E-state index in [4.69, 9.17) is 28.3 Å². The van der Waals surface area contributed by atoms with Crippen LogP contribution in [0.15, 0.2) is 108 Å². The third kappa shape index (κ3) is 3.54. The normalized spacial score (nSPS) is 31.0. The van der Waals surface area contributed by atoms with Crippen molar-refractivity contribution in [2.75, 3.05) is 5.32 Å². The number of hydrazone groups is 1. The van der Waals surface area contributed by atoms with Crippen molar-refractivity contribution in [3.8, 4) is 0 Å². The number of para-hydroxylation sites is 1. The fourth-order valence-electron chi connectivity index (χ4n) is 8.49. The summed E-state index contributed by atoms with van der Waals surface area (Å²) in [6.07, 6.45) is 2.78. The zero-order chi connectivity index (χ0) is 28.5. The van der Waals surface area contributed by atoms with E-state index in [1.807, 2.05) is 48.5 Å². The maximum atomic E-state index is 14.6. The van der Waals surface area contributed by atoms with E-state index < -0.39 is 11.0 Å². The molecule has 4 aromatic carbocycles. The van der Waals surface area contributed by atoms with Crippen LogP contribution in [-0.4, -0.2) is 11.6 Å². The van der Waals surface area contributed by atoms with Gasteiger partial charge in [0, 0.05) is 39.2 Å². The second-order valence-corrected chi connectivity index (χ2v) is 12.8. The van der Waals surface area contributed by atoms with Gasteiger partial charge in [-0.1, -0.05) is 102 Å². The predicted octanol–water partition coefficient (Wildman–Crippen LogP) is 7.76. The van der Waals surface area contributed by atoms with E-state index in [9.17, 15) is 4.79 Å². The van der Waals surface area contributed by atoms with Gasteiger partial charge in [-0.3, -0.25) is 10.1 Å². The Labute approximate surface area is 255 Å². The molecule has 4 aromatic rings. The molecule has 8 rings (SSSR count). The monoisotopic (exact) mass is 592 g/mol. The lowest BCUT2D eigenvalue weighted by Crippen LogP contribution is -2.60. The molecule has 0 bridgehead atoms. The van der Waals surface area contributed by atoms with E-state index in [0.29, 0.717) is 10.0 Å². The van der Waals surface area contributed by atoms with Gasteiger partial charge in [-0.05, 0) is 59.9 Å². The van der Waals surface area contributed by atoms with Gasteiger partial charge in [0.2, 0.25) is 5.91 Å². The minimum atomic E-state index is -1.01. The highest BCUT2D eigenvalue weighted by atomic mass is 35.5. The third-order valence-corrected chi connectivity index (χ3v) is 10.6. The molecule has 2 spiro atoms. The second kappa shape index (κ2) is 9.70. The van der Waals surface area contributed by atoms with Crippen LogP contribution >= 0.6 is 23.2 Å². The van der Waals surface area contributed by atoms with E-state index in [0.717, 1.165) is 52.9 Å². The van der Waals surface area contributed by atoms with Crippen molar-refractivity contribution in [3.63, 3.8) is 0 Å². The molecule has 6 unspecified atom stereocenters. The van der Waals surface area contributed by atoms with E-state index in [1.165, 1.54) is 0 Å². The summed E-state index contributed by atoms with van der Waals surface area (Å²) in [6.45, 7) is 0. The van der Waals surface area contributed by atoms with E-state index in [1.54, 1.807) is 0 Å². The van der Waals surface area contributed by atoms with Crippen LogP contribution in [0.4, 0.5) is 5.69 Å². The van der Waals surface area contributed by atoms with E-state index >= 15 is 0 Å². The van der Waals surface area contributed by atoms with Crippen molar-refractivity contribution >= 4 is 40.5 Å². The highest BCUT2D eigenvalue weighted by molar-refractivity contribution is 6.30. The Kier molecular flexibility index (Phi) is 6.01. The Morgan fingerprint density at radius 2 is 1.38 bits per heavy atom. The van der Waals surface area contributed by atoms with Crippen molar-refractivity contribution in [1.29, 1.82) is 0 Å². The van der Waals surface area contributed by atoms with Crippen molar-refractivity contribution in [2.45, 2.75) is 42.8 Å². The highest BCUT2D eigenvalue weighted by Gasteiger charge is 2.74. The Bertz CT molecular complexity index is 1710. The van der Waals surface area contributed by atoms with Crippen molar-refractivity contribution in [3.05, 3.63) is 135 Å². The van der Waals surface area contributed by atoms with Gasteiger partial charge in [-0.2, -0.15) is 5.10 Å². The molecule has 0 aromatic heterocycles. The van der Waals surface area contributed by atoms with Crippen molar-refractivity contribution in [1.82, 2.24) is 10.7 Å². The molecule has 1 amide bonds. The van der Waals surface area contributed by atoms with Crippen LogP contribution in [0.2, 0.25) is 10.0 Å². The second-order valence-electron chi connectivity index (χ2n) is 11.9. The molecular weight excluding hydrogens is 563 g/mol. The van der Waals surface area contributed by atoms with Crippen LogP contribution in [0.1, 0.15) is 59.5 Å². The summed E-state index contributed by atoms with van der Waals surface area (Å²) in [5.74, 6) is 0.0317. The topological polar surface area (TPSA) is 65.5 Å². The molecule has 0 radical (unpaired) electrons. The standard InChI is InChI=1S/C35H30Cl2N4O/c36-24-16-12-21(13-17-24)29-31(22-7-2-1-3-8-22)39-35(27-10-4-5-11-28(27)38-33(35)42)34(29)20-6-9-26-30(40-41-32(26)34)23-14-18-25(37)19-15-23/h1-5,7-8,10-19,26,29-31,39-40H,6,9,20H2,(H,38,42). The lowest BCUT2D eigenvalue weighted by atomic mass is 9.51. The first-order valence-electron chi connectivity index (χ1n) is 14.6. The number of nitrogens with zero attached hydrogens (tertiary/aromatic N) is 1. The Hall–Kier alpha value is -3.64. The predicted molar refractivity (Wildman–Crippen MR) is 168 cm³/mol. The van der Waals surface area contributed by atoms with Gasteiger partial charge in [0.25, 0.3) is 0 Å². The molecule has 1 saturated carbocycles. The minimum absolute atomic E-state index is 0.00726. The number of halogens is 2. The van der Waals surface area contributed by atoms with Gasteiger partial charge in [-0.15, -0.1) is 0 Å². The largest absolute Gasteiger partial charge is 0.324 e. The third-order valence-electron chi connectivity index (χ3n) is 10.1. The SMILES string of the molecule is O=C1Nc2ccccc2C12NC(c1ccccc1)C(c1ccc(Cl)cc1)C21CCCC2C1=NNC2c1ccc(Cl)cc1. The van der Waals surface area contributed by atoms with Gasteiger partial charge in [-0.25, -0.2) is 0 Å². The lowest BCUT2D eigenvalue weighted by Gasteiger charge is -2.49. The van der Waals surface area contributed by atoms with Crippen LogP contribution in [0.3, 0.4) is 0 Å². The summed E-state index contributed by atoms with van der Waals surface area (Å²) in [6, 6.07) is 34.8. The molecule has 210 valence electrons. The number of carbonyl (C=O) groups is 1. The Morgan fingerprint density at radius 3 is 2.12 bits per heavy atom. The number of fused-ring (bicyclic) bond motifs is 5. The summed E-state index contributed by atoms with van der Waals surface area (Å²) >= 11 is 12.7. The van der Waals surface area contributed by atoms with Gasteiger partial charge in [0.1, 0.15) is 5.54 Å². The number of nitrogens with one attached hydrogen (secondary N) is 3. The van der Waals surface area contributed by atoms with E-state index in [-0.39, 0.29) is 29.8 Å². The first-order chi connectivity index (χ1) is 20.5. The van der Waals surface area contributed by atoms with Gasteiger partial charge in [0.05, 0.1) is 17.2 Å². The fourth-order valence-corrected chi connectivity index (χ4v) is 8.75. The summed E-state index contributed by atoms with van der Waals surface area (Å²) in [5.41, 5.74) is 8.25. The van der Waals surface area contributed by atoms with Crippen molar-refractivity contribution < 1.29 is 4.79 Å². The Morgan fingerprint density at radius 1 is 0.738 bits per heavy atom. The number of anilines is 1. The zero-order valence-electron chi connectivity index (χ0n) is 22.9. The molecule has 6 atom stereocenters. The van der Waals surface area contributed by atoms with Crippen LogP contribution in [0.5, 0.6) is 0 Å². The number of hydrogen-bond donors (Lipinski definition) is 3. The zero-order valence-corrected chi connectivity index (χ0v) is 24.4. The summed E-state index contributed by atoms with van der Waals surface area (Å²) in [5, 5.41) is 13.9. The van der Waals surface area contributed by atoms with Crippen LogP contribution in [0.25, 0.3) is 0 Å². The molecule has 42 heavy (non-hydrogen) atoms. The number of benzene rings is 4. The molecule has 3 aliphatic heterocycles. The fraction of sp³-hybridized carbons (Fsp3) is 0.257. The van der Waals surface area contributed by atoms with Crippen molar-refractivity contribution in [2.24, 2.45) is 16.4 Å². The molecule has 1 saturated heterocycles. The maximum absolute atomic E-state index is 14.6. The average molecular weight is 594 g/mol. The summed E-state index contributed by atoms with van der Waals surface area (Å²) in [7, 11) is 0. The first-order valence-corrected chi connectivity index (χ1v) is 15.4. The lowest BCUT2D eigenvalue weighted by molar-refractivity contribution is -0.124. The number of hydrogen-bond acceptors (Lipinski definition) is 4. The summed E-state index contributed by atoms with van der Waals surface area (Å²) < 4.78 is 0. The molecule has 4 aliphatic rings. The molecule has 3 heterocycles. The molecule has 1 aliphatic carbocycles. The molecule has 2 fully saturated rings. The molecule has 7 heteroatoms. The maximum Gasteiger partial charge on any atom is 0.250 e. The average Bonchev–Trinajstić information content (AvgIpc) is 3.67. The quantitative estimate of drug-likeness (QED) is 0.228. The van der Waals surface area contributed by atoms with Crippen LogP contribution in [0, 0.1) is 11.3 Å². The number of amides is 1. The van der Waals surface area contributed by atoms with Crippen LogP contribution < -0.4 is 16.1 Å². The Balaban J connectivity index is 1.39. The van der Waals surface area contributed by atoms with Crippen LogP contribution in [-0.2, 0) is 10.3 Å². The molecule has 3 N–H and O–H groups in total. The molecular formula is C35H30Cl2N4O. The van der Waals surface area contributed by atoms with Gasteiger partial charge >= 0.3 is 0 Å². The molecule has 5 nitrogen and oxygen atoms in total. The highest BCUT2D eigenvalue weighted by Crippen LogP contribution is 2.69. The smallest absolute Gasteiger partial charge is 0.250 e. The van der Waals surface area contributed by atoms with E-state index in [2.05, 4.69) is 70.7 Å². The number of carbonyl (C=O) groups excluding carboxylic acids is 1. The minimum Gasteiger partial charge on any atom is -0.324 e. The first kappa shape index (κ1) is 26.0. The van der Waals surface area contributed by atoms with Gasteiger partial charge < -0.3 is 10.7 Å². The summed E-state index contributed by atoms with van der Waals surface area (Å²) in [4.78, 5) is 14.6.